The first-order chi connectivity index (χ1) is 24.2. The second-order valence-corrected chi connectivity index (χ2v) is 11.3. The minimum Gasteiger partial charge on any atom is -0.378 e. The van der Waals surface area contributed by atoms with Crippen LogP contribution in [-0.4, -0.2) is 58.1 Å². The summed E-state index contributed by atoms with van der Waals surface area (Å²) in [5.41, 5.74) is 6.55. The monoisotopic (exact) mass is 771 g/mol. The molecule has 0 bridgehead atoms. The van der Waals surface area contributed by atoms with Crippen molar-refractivity contribution in [3.8, 4) is 0 Å². The van der Waals surface area contributed by atoms with Gasteiger partial charge in [0.05, 0.1) is 29.9 Å². The minimum atomic E-state index is -1.75. The molecular weight excluding hydrogens is 734 g/mol. The van der Waals surface area contributed by atoms with Crippen LogP contribution in [0, 0.1) is 15.3 Å². The zero-order valence-electron chi connectivity index (χ0n) is 28.7. The van der Waals surface area contributed by atoms with E-state index >= 15 is 0 Å². The third-order valence-electron chi connectivity index (χ3n) is 7.41. The Labute approximate surface area is 313 Å². The van der Waals surface area contributed by atoms with Gasteiger partial charge in [0.2, 0.25) is 0 Å². The maximum atomic E-state index is 8.25. The molecule has 0 spiro atoms. The van der Waals surface area contributed by atoms with Gasteiger partial charge in [0.1, 0.15) is 0 Å². The van der Waals surface area contributed by atoms with Crippen molar-refractivity contribution >= 4 is 57.8 Å². The Morgan fingerprint density at radius 1 is 0.471 bits per heavy atom. The van der Waals surface area contributed by atoms with Gasteiger partial charge in [-0.15, -0.1) is 0 Å². The molecule has 0 aliphatic carbocycles. The first kappa shape index (κ1) is 39.5. The predicted octanol–water partition coefficient (Wildman–Crippen LogP) is 8.48. The van der Waals surface area contributed by atoms with E-state index in [0.29, 0.717) is 0 Å². The van der Waals surface area contributed by atoms with Crippen LogP contribution in [0.5, 0.6) is 0 Å². The molecule has 262 valence electrons. The van der Waals surface area contributed by atoms with E-state index in [4.69, 9.17) is 15.3 Å². The van der Waals surface area contributed by atoms with Crippen molar-refractivity contribution in [2.45, 2.75) is 0 Å². The van der Waals surface area contributed by atoms with Crippen molar-refractivity contribution < 1.29 is 27.5 Å². The molecule has 0 fully saturated rings. The van der Waals surface area contributed by atoms with Gasteiger partial charge in [0, 0.05) is 50.7 Å². The average molecular weight is 773 g/mol. The number of fused-ring (bicyclic) bond motifs is 2. The molecule has 0 N–H and O–H groups in total. The van der Waals surface area contributed by atoms with E-state index in [0.717, 1.165) is 22.3 Å². The van der Waals surface area contributed by atoms with Gasteiger partial charge in [-0.05, 0) is 56.9 Å². The van der Waals surface area contributed by atoms with Crippen LogP contribution in [0.3, 0.4) is 0 Å². The molecule has 0 aliphatic rings. The van der Waals surface area contributed by atoms with Crippen molar-refractivity contribution in [3.63, 3.8) is 0 Å². The van der Waals surface area contributed by atoms with E-state index in [1.54, 1.807) is 24.9 Å². The topological polar surface area (TPSA) is 122 Å². The summed E-state index contributed by atoms with van der Waals surface area (Å²) < 4.78 is 0. The molecule has 0 saturated carbocycles. The van der Waals surface area contributed by atoms with Crippen molar-refractivity contribution in [3.05, 3.63) is 171 Å². The van der Waals surface area contributed by atoms with E-state index in [9.17, 15) is 0 Å². The van der Waals surface area contributed by atoms with E-state index in [1.165, 1.54) is 32.9 Å². The second-order valence-electron chi connectivity index (χ2n) is 11.3. The average Bonchev–Trinajstić information content (AvgIpc) is 3.12. The number of hydrogen-bond donors (Lipinski definition) is 0. The molecule has 6 aromatic rings. The normalized spacial score (nSPS) is 10.9. The van der Waals surface area contributed by atoms with Crippen LogP contribution in [0.15, 0.2) is 154 Å². The quantitative estimate of drug-likeness (QED) is 0.0665. The number of benzene rings is 6. The van der Waals surface area contributed by atoms with Gasteiger partial charge in [0.15, 0.2) is 0 Å². The van der Waals surface area contributed by atoms with E-state index in [2.05, 4.69) is 90.9 Å². The molecule has 6 rings (SSSR count). The Balaban J connectivity index is 0.000000245. The van der Waals surface area contributed by atoms with Crippen molar-refractivity contribution in [2.75, 3.05) is 38.0 Å². The molecule has 0 atom stereocenters. The summed E-state index contributed by atoms with van der Waals surface area (Å²) in [7, 11) is 8.10. The maximum Gasteiger partial charge on any atom is 1.00 e. The molecule has 51 heavy (non-hydrogen) atoms. The van der Waals surface area contributed by atoms with Crippen LogP contribution in [0.1, 0.15) is 22.3 Å². The zero-order valence-corrected chi connectivity index (χ0v) is 30.2. The standard InChI is InChI=1S/2C20H19N3.Ag.NO3/c2*1-23(2)19-12-10-16(11-13-19)14-21-22-15-18-8-5-7-17-6-3-4-9-20(17)18;;2-1(3)4/h2*3-15H,1-2H3;;/q;;+1;-1/b2*21-14+,22-15+;;. The first-order valence-electron chi connectivity index (χ1n) is 15.7. The first-order valence-corrected chi connectivity index (χ1v) is 15.7. The van der Waals surface area contributed by atoms with Crippen LogP contribution in [0.2, 0.25) is 0 Å². The van der Waals surface area contributed by atoms with Crippen molar-refractivity contribution in [1.29, 1.82) is 0 Å². The molecule has 10 nitrogen and oxygen atoms in total. The number of hydrogen-bond acceptors (Lipinski definition) is 9. The third kappa shape index (κ3) is 12.8. The summed E-state index contributed by atoms with van der Waals surface area (Å²) in [6.45, 7) is 0. The third-order valence-corrected chi connectivity index (χ3v) is 7.41. The fourth-order valence-corrected chi connectivity index (χ4v) is 4.83. The van der Waals surface area contributed by atoms with E-state index < -0.39 is 5.09 Å². The van der Waals surface area contributed by atoms with Gasteiger partial charge in [0.25, 0.3) is 0 Å². The predicted molar refractivity (Wildman–Crippen MR) is 210 cm³/mol. The Morgan fingerprint density at radius 2 is 0.784 bits per heavy atom. The van der Waals surface area contributed by atoms with Crippen molar-refractivity contribution in [2.24, 2.45) is 20.4 Å². The Morgan fingerprint density at radius 3 is 1.14 bits per heavy atom. The summed E-state index contributed by atoms with van der Waals surface area (Å²) in [6, 6.07) is 45.3. The largest absolute Gasteiger partial charge is 1.00 e. The SMILES string of the molecule is CN(C)c1ccc(/C=N/N=C/c2cccc3ccccc23)cc1.CN(C)c1ccc(/C=N/N=C/c2cccc3ccccc23)cc1.O=[N+]([O-])[O-].[Ag+]. The van der Waals surface area contributed by atoms with Crippen LogP contribution in [-0.2, 0) is 22.4 Å². The molecule has 6 aromatic carbocycles. The molecule has 0 radical (unpaired) electrons. The van der Waals surface area contributed by atoms with Crippen LogP contribution in [0.4, 0.5) is 11.4 Å². The van der Waals surface area contributed by atoms with Gasteiger partial charge < -0.3 is 25.1 Å². The van der Waals surface area contributed by atoms with Crippen LogP contribution >= 0.6 is 0 Å². The zero-order chi connectivity index (χ0) is 35.7. The molecule has 0 saturated heterocycles. The summed E-state index contributed by atoms with van der Waals surface area (Å²) in [6.07, 6.45) is 7.13. The fourth-order valence-electron chi connectivity index (χ4n) is 4.83. The van der Waals surface area contributed by atoms with Gasteiger partial charge in [-0.3, -0.25) is 0 Å². The molecule has 0 heterocycles. The molecule has 0 aromatic heterocycles. The maximum absolute atomic E-state index is 8.25. The smallest absolute Gasteiger partial charge is 0.378 e. The van der Waals surface area contributed by atoms with Gasteiger partial charge in [-0.25, -0.2) is 0 Å². The molecule has 0 amide bonds. The van der Waals surface area contributed by atoms with Crippen LogP contribution in [0.25, 0.3) is 21.5 Å². The second kappa shape index (κ2) is 20.5. The van der Waals surface area contributed by atoms with Gasteiger partial charge in [-0.1, -0.05) is 109 Å². The number of anilines is 2. The fraction of sp³-hybridized carbons (Fsp3) is 0.100. The van der Waals surface area contributed by atoms with Gasteiger partial charge in [-0.2, -0.15) is 20.4 Å². The minimum absolute atomic E-state index is 0. The summed E-state index contributed by atoms with van der Waals surface area (Å²) in [4.78, 5) is 12.4. The summed E-state index contributed by atoms with van der Waals surface area (Å²) in [5, 5.41) is 36.2. The van der Waals surface area contributed by atoms with E-state index in [1.807, 2.05) is 101 Å². The summed E-state index contributed by atoms with van der Waals surface area (Å²) >= 11 is 0. The Kier molecular flexibility index (Phi) is 15.9. The van der Waals surface area contributed by atoms with Gasteiger partial charge >= 0.3 is 22.4 Å². The molecule has 0 unspecified atom stereocenters. The summed E-state index contributed by atoms with van der Waals surface area (Å²) in [5.74, 6) is 0. The van der Waals surface area contributed by atoms with Crippen molar-refractivity contribution in [1.82, 2.24) is 0 Å². The van der Waals surface area contributed by atoms with Crippen LogP contribution < -0.4 is 9.80 Å². The molecule has 0 aliphatic heterocycles. The molecule has 11 heteroatoms. The number of rotatable bonds is 8. The van der Waals surface area contributed by atoms with E-state index in [-0.39, 0.29) is 22.4 Å². The Hall–Kier alpha value is -5.94. The molecular formula is C40H38AgN7O3. The number of nitrogens with zero attached hydrogens (tertiary/aromatic N) is 7. The Bertz CT molecular complexity index is 1950.